The predicted molar refractivity (Wildman–Crippen MR) is 86.7 cm³/mol. The van der Waals surface area contributed by atoms with Gasteiger partial charge in [-0.1, -0.05) is 47.1 Å². The first-order chi connectivity index (χ1) is 9.10. The van der Waals surface area contributed by atoms with Crippen molar-refractivity contribution >= 4 is 21.6 Å². The Morgan fingerprint density at radius 1 is 1.11 bits per heavy atom. The van der Waals surface area contributed by atoms with Crippen LogP contribution in [0, 0.1) is 13.8 Å². The Bertz CT molecular complexity index is 563. The lowest BCUT2D eigenvalue weighted by molar-refractivity contribution is 0.748. The van der Waals surface area contributed by atoms with E-state index >= 15 is 0 Å². The minimum Gasteiger partial charge on any atom is -0.378 e. The third-order valence-electron chi connectivity index (χ3n) is 3.38. The van der Waals surface area contributed by atoms with Crippen LogP contribution in [0.3, 0.4) is 0 Å². The molecule has 0 saturated carbocycles. The SMILES string of the molecule is CCC(Nc1cc(C)ccc1C)c1cccc(Br)c1. The van der Waals surface area contributed by atoms with E-state index in [-0.39, 0.29) is 0 Å². The molecule has 100 valence electrons. The van der Waals surface area contributed by atoms with E-state index in [0.717, 1.165) is 10.9 Å². The lowest BCUT2D eigenvalue weighted by Crippen LogP contribution is -2.10. The number of halogens is 1. The van der Waals surface area contributed by atoms with Gasteiger partial charge < -0.3 is 5.32 Å². The molecule has 1 N–H and O–H groups in total. The number of rotatable bonds is 4. The monoisotopic (exact) mass is 317 g/mol. The summed E-state index contributed by atoms with van der Waals surface area (Å²) in [7, 11) is 0. The average molecular weight is 318 g/mol. The van der Waals surface area contributed by atoms with Crippen LogP contribution in [0.25, 0.3) is 0 Å². The quantitative estimate of drug-likeness (QED) is 0.770. The normalized spacial score (nSPS) is 12.2. The minimum atomic E-state index is 0.345. The van der Waals surface area contributed by atoms with Crippen molar-refractivity contribution in [2.24, 2.45) is 0 Å². The van der Waals surface area contributed by atoms with Gasteiger partial charge in [0.2, 0.25) is 0 Å². The van der Waals surface area contributed by atoms with Gasteiger partial charge in [-0.05, 0) is 55.2 Å². The minimum absolute atomic E-state index is 0.345. The first-order valence-electron chi connectivity index (χ1n) is 6.69. The third kappa shape index (κ3) is 3.60. The molecule has 0 heterocycles. The van der Waals surface area contributed by atoms with Crippen LogP contribution in [-0.4, -0.2) is 0 Å². The van der Waals surface area contributed by atoms with E-state index in [1.807, 2.05) is 0 Å². The van der Waals surface area contributed by atoms with Gasteiger partial charge in [0.15, 0.2) is 0 Å². The summed E-state index contributed by atoms with van der Waals surface area (Å²) in [6.45, 7) is 6.49. The number of anilines is 1. The Hall–Kier alpha value is -1.28. The molecule has 0 saturated heterocycles. The largest absolute Gasteiger partial charge is 0.378 e. The van der Waals surface area contributed by atoms with Gasteiger partial charge in [-0.25, -0.2) is 0 Å². The highest BCUT2D eigenvalue weighted by molar-refractivity contribution is 9.10. The Morgan fingerprint density at radius 2 is 1.89 bits per heavy atom. The molecule has 19 heavy (non-hydrogen) atoms. The van der Waals surface area contributed by atoms with Gasteiger partial charge in [-0.15, -0.1) is 0 Å². The Kier molecular flexibility index (Phi) is 4.65. The van der Waals surface area contributed by atoms with Crippen molar-refractivity contribution < 1.29 is 0 Å². The molecule has 1 atom stereocenters. The Morgan fingerprint density at radius 3 is 2.58 bits per heavy atom. The van der Waals surface area contributed by atoms with E-state index in [0.29, 0.717) is 6.04 Å². The highest BCUT2D eigenvalue weighted by atomic mass is 79.9. The van der Waals surface area contributed by atoms with E-state index in [1.54, 1.807) is 0 Å². The molecule has 0 fully saturated rings. The molecule has 1 nitrogen and oxygen atoms in total. The Labute approximate surface area is 124 Å². The summed E-state index contributed by atoms with van der Waals surface area (Å²) in [6, 6.07) is 15.4. The molecular formula is C17H20BrN. The summed E-state index contributed by atoms with van der Waals surface area (Å²) >= 11 is 3.54. The second-order valence-corrected chi connectivity index (χ2v) is 5.89. The zero-order valence-electron chi connectivity index (χ0n) is 11.7. The van der Waals surface area contributed by atoms with E-state index in [1.165, 1.54) is 22.4 Å². The summed E-state index contributed by atoms with van der Waals surface area (Å²) in [4.78, 5) is 0. The molecule has 2 aromatic carbocycles. The third-order valence-corrected chi connectivity index (χ3v) is 3.88. The van der Waals surface area contributed by atoms with Crippen LogP contribution in [0.15, 0.2) is 46.9 Å². The van der Waals surface area contributed by atoms with Crippen LogP contribution in [-0.2, 0) is 0 Å². The zero-order valence-corrected chi connectivity index (χ0v) is 13.3. The van der Waals surface area contributed by atoms with Crippen LogP contribution < -0.4 is 5.32 Å². The van der Waals surface area contributed by atoms with Gasteiger partial charge in [-0.2, -0.15) is 0 Å². The van der Waals surface area contributed by atoms with Gasteiger partial charge in [-0.3, -0.25) is 0 Å². The van der Waals surface area contributed by atoms with Gasteiger partial charge in [0, 0.05) is 10.2 Å². The first-order valence-corrected chi connectivity index (χ1v) is 7.48. The smallest absolute Gasteiger partial charge is 0.0511 e. The molecule has 0 aromatic heterocycles. The highest BCUT2D eigenvalue weighted by Gasteiger charge is 2.10. The molecule has 0 bridgehead atoms. The van der Waals surface area contributed by atoms with Gasteiger partial charge >= 0.3 is 0 Å². The van der Waals surface area contributed by atoms with Gasteiger partial charge in [0.1, 0.15) is 0 Å². The summed E-state index contributed by atoms with van der Waals surface area (Å²) in [5.74, 6) is 0. The van der Waals surface area contributed by atoms with Crippen LogP contribution >= 0.6 is 15.9 Å². The maximum absolute atomic E-state index is 3.66. The fourth-order valence-electron chi connectivity index (χ4n) is 2.22. The van der Waals surface area contributed by atoms with E-state index < -0.39 is 0 Å². The molecule has 0 aliphatic rings. The number of hydrogen-bond acceptors (Lipinski definition) is 1. The van der Waals surface area contributed by atoms with Crippen LogP contribution in [0.2, 0.25) is 0 Å². The lowest BCUT2D eigenvalue weighted by atomic mass is 10.0. The van der Waals surface area contributed by atoms with E-state index in [2.05, 4.69) is 84.5 Å². The Balaban J connectivity index is 2.26. The van der Waals surface area contributed by atoms with Crippen LogP contribution in [0.1, 0.15) is 36.1 Å². The summed E-state index contributed by atoms with van der Waals surface area (Å²) in [5, 5.41) is 3.66. The molecule has 0 radical (unpaired) electrons. The van der Waals surface area contributed by atoms with Crippen LogP contribution in [0.5, 0.6) is 0 Å². The van der Waals surface area contributed by atoms with Gasteiger partial charge in [0.05, 0.1) is 6.04 Å². The molecule has 0 aliphatic heterocycles. The lowest BCUT2D eigenvalue weighted by Gasteiger charge is -2.21. The zero-order chi connectivity index (χ0) is 13.8. The first kappa shape index (κ1) is 14.1. The van der Waals surface area contributed by atoms with Gasteiger partial charge in [0.25, 0.3) is 0 Å². The van der Waals surface area contributed by atoms with Crippen molar-refractivity contribution in [1.82, 2.24) is 0 Å². The second kappa shape index (κ2) is 6.25. The van der Waals surface area contributed by atoms with Crippen molar-refractivity contribution in [2.75, 3.05) is 5.32 Å². The number of nitrogens with one attached hydrogen (secondary N) is 1. The summed E-state index contributed by atoms with van der Waals surface area (Å²) in [6.07, 6.45) is 1.06. The molecule has 2 heteroatoms. The number of aryl methyl sites for hydroxylation is 2. The maximum Gasteiger partial charge on any atom is 0.0511 e. The molecule has 2 rings (SSSR count). The fourth-order valence-corrected chi connectivity index (χ4v) is 2.64. The maximum atomic E-state index is 3.66. The number of hydrogen-bond donors (Lipinski definition) is 1. The highest BCUT2D eigenvalue weighted by Crippen LogP contribution is 2.27. The molecule has 0 aliphatic carbocycles. The van der Waals surface area contributed by atoms with Crippen molar-refractivity contribution in [3.05, 3.63) is 63.6 Å². The van der Waals surface area contributed by atoms with Crippen molar-refractivity contribution in [3.63, 3.8) is 0 Å². The molecule has 1 unspecified atom stereocenters. The molecule has 2 aromatic rings. The van der Waals surface area contributed by atoms with E-state index in [4.69, 9.17) is 0 Å². The standard InChI is InChI=1S/C17H20BrN/c1-4-16(14-6-5-7-15(18)11-14)19-17-10-12(2)8-9-13(17)3/h5-11,16,19H,4H2,1-3H3. The molecule has 0 spiro atoms. The average Bonchev–Trinajstić information content (AvgIpc) is 2.39. The van der Waals surface area contributed by atoms with Crippen molar-refractivity contribution in [3.8, 4) is 0 Å². The molecular weight excluding hydrogens is 298 g/mol. The summed E-state index contributed by atoms with van der Waals surface area (Å²) in [5.41, 5.74) is 5.13. The predicted octanol–water partition coefficient (Wildman–Crippen LogP) is 5.63. The van der Waals surface area contributed by atoms with E-state index in [9.17, 15) is 0 Å². The van der Waals surface area contributed by atoms with Crippen molar-refractivity contribution in [1.29, 1.82) is 0 Å². The number of benzene rings is 2. The second-order valence-electron chi connectivity index (χ2n) is 4.98. The molecule has 0 amide bonds. The topological polar surface area (TPSA) is 12.0 Å². The summed E-state index contributed by atoms with van der Waals surface area (Å²) < 4.78 is 1.13. The van der Waals surface area contributed by atoms with Crippen molar-refractivity contribution in [2.45, 2.75) is 33.2 Å². The fraction of sp³-hybridized carbons (Fsp3) is 0.294. The van der Waals surface area contributed by atoms with Crippen LogP contribution in [0.4, 0.5) is 5.69 Å².